The van der Waals surface area contributed by atoms with Crippen LogP contribution >= 0.6 is 0 Å². The minimum atomic E-state index is -0.813. The van der Waals surface area contributed by atoms with Gasteiger partial charge in [0.2, 0.25) is 0 Å². The van der Waals surface area contributed by atoms with Crippen LogP contribution in [0.2, 0.25) is 0 Å². The molecule has 0 saturated carbocycles. The Morgan fingerprint density at radius 1 is 0.300 bits per heavy atom. The van der Waals surface area contributed by atoms with Crippen LogP contribution in [0.3, 0.4) is 0 Å². The van der Waals surface area contributed by atoms with Crippen molar-refractivity contribution in [2.75, 3.05) is 13.2 Å². The normalized spacial score (nSPS) is 13.0. The van der Waals surface area contributed by atoms with E-state index in [1.54, 1.807) is 0 Å². The Hall–Kier alpha value is -4.19. The molecule has 0 aromatic carbocycles. The Bertz CT molecular complexity index is 1490. The number of rotatable bonds is 50. The number of allylic oxidation sites excluding steroid dienone is 20. The summed E-state index contributed by atoms with van der Waals surface area (Å²) in [5, 5.41) is 0. The lowest BCUT2D eigenvalue weighted by Crippen LogP contribution is -2.30. The van der Waals surface area contributed by atoms with E-state index in [9.17, 15) is 14.4 Å². The van der Waals surface area contributed by atoms with Gasteiger partial charge in [0, 0.05) is 19.3 Å². The second-order valence-electron chi connectivity index (χ2n) is 18.5. The largest absolute Gasteiger partial charge is 0.462 e. The minimum absolute atomic E-state index is 0.108. The molecule has 0 aliphatic rings. The molecule has 0 N–H and O–H groups in total. The van der Waals surface area contributed by atoms with Gasteiger partial charge < -0.3 is 14.2 Å². The number of hydrogen-bond donors (Lipinski definition) is 0. The van der Waals surface area contributed by atoms with E-state index in [1.165, 1.54) is 57.8 Å². The Morgan fingerprint density at radius 3 is 0.929 bits per heavy atom. The highest BCUT2D eigenvalue weighted by molar-refractivity contribution is 5.71. The molecule has 0 aromatic rings. The molecule has 0 radical (unpaired) electrons. The summed E-state index contributed by atoms with van der Waals surface area (Å²) < 4.78 is 16.8. The zero-order chi connectivity index (χ0) is 50.7. The Morgan fingerprint density at radius 2 is 0.557 bits per heavy atom. The predicted octanol–water partition coefficient (Wildman–Crippen LogP) is 19.3. The van der Waals surface area contributed by atoms with Crippen LogP contribution < -0.4 is 0 Å². The van der Waals surface area contributed by atoms with Crippen LogP contribution in [0.25, 0.3) is 0 Å². The van der Waals surface area contributed by atoms with Crippen LogP contribution in [-0.4, -0.2) is 37.2 Å². The van der Waals surface area contributed by atoms with Crippen molar-refractivity contribution in [1.82, 2.24) is 0 Å². The van der Waals surface area contributed by atoms with Gasteiger partial charge in [-0.05, 0) is 135 Å². The van der Waals surface area contributed by atoms with E-state index in [4.69, 9.17) is 14.2 Å². The number of carbonyl (C=O) groups excluding carboxylic acids is 3. The molecule has 1 unspecified atom stereocenters. The van der Waals surface area contributed by atoms with Crippen molar-refractivity contribution in [3.63, 3.8) is 0 Å². The van der Waals surface area contributed by atoms with Crippen molar-refractivity contribution in [2.24, 2.45) is 0 Å². The van der Waals surface area contributed by atoms with Gasteiger partial charge in [0.1, 0.15) is 13.2 Å². The quantitative estimate of drug-likeness (QED) is 0.0262. The topological polar surface area (TPSA) is 78.9 Å². The molecular weight excluding hydrogens is 865 g/mol. The molecule has 0 aromatic heterocycles. The van der Waals surface area contributed by atoms with E-state index in [-0.39, 0.29) is 31.1 Å². The summed E-state index contributed by atoms with van der Waals surface area (Å²) in [6.45, 7) is 6.41. The molecule has 70 heavy (non-hydrogen) atoms. The third kappa shape index (κ3) is 54.7. The molecule has 0 spiro atoms. The van der Waals surface area contributed by atoms with E-state index in [0.29, 0.717) is 25.7 Å². The molecule has 0 aliphatic heterocycles. The molecule has 396 valence electrons. The van der Waals surface area contributed by atoms with E-state index in [0.717, 1.165) is 141 Å². The summed E-state index contributed by atoms with van der Waals surface area (Å²) in [6.07, 6.45) is 79.0. The molecule has 0 amide bonds. The maximum absolute atomic E-state index is 12.8. The SMILES string of the molecule is CC/C=C\C/C=C\C/C=C\C/C=C\C/C=C\C/C=C\CCCCC(=O)OCC(COC(=O)CCCCCCC/C=C\C/C=C\CCCCC)OC(=O)CCCCCCC/C=C\C/C=C\CCCCCC. The van der Waals surface area contributed by atoms with Gasteiger partial charge in [0.15, 0.2) is 6.10 Å². The van der Waals surface area contributed by atoms with Crippen molar-refractivity contribution >= 4 is 17.9 Å². The fourth-order valence-electron chi connectivity index (χ4n) is 7.39. The molecule has 0 fully saturated rings. The molecule has 0 saturated heterocycles. The number of carbonyl (C=O) groups is 3. The zero-order valence-electron chi connectivity index (χ0n) is 45.2. The van der Waals surface area contributed by atoms with Crippen LogP contribution in [0.4, 0.5) is 0 Å². The van der Waals surface area contributed by atoms with Gasteiger partial charge in [0.05, 0.1) is 0 Å². The summed E-state index contributed by atoms with van der Waals surface area (Å²) in [5.41, 5.74) is 0. The summed E-state index contributed by atoms with van der Waals surface area (Å²) in [7, 11) is 0. The monoisotopic (exact) mass is 969 g/mol. The minimum Gasteiger partial charge on any atom is -0.462 e. The first kappa shape index (κ1) is 65.8. The summed E-state index contributed by atoms with van der Waals surface area (Å²) in [6, 6.07) is 0. The van der Waals surface area contributed by atoms with Gasteiger partial charge in [0.25, 0.3) is 0 Å². The number of unbranched alkanes of at least 4 members (excludes halogenated alkanes) is 19. The highest BCUT2D eigenvalue weighted by Crippen LogP contribution is 2.13. The maximum Gasteiger partial charge on any atom is 0.306 e. The molecular formula is C64H104O6. The Kier molecular flexibility index (Phi) is 54.0. The first-order valence-electron chi connectivity index (χ1n) is 28.5. The Labute approximate surface area is 431 Å². The smallest absolute Gasteiger partial charge is 0.306 e. The van der Waals surface area contributed by atoms with Crippen LogP contribution in [0.15, 0.2) is 122 Å². The standard InChI is InChI=1S/C64H104O6/c1-4-7-10-13-16-19-22-25-28-30-31-32-33-34-37-39-42-45-48-51-54-57-63(66)69-60-61(59-68-62(65)56-53-50-47-44-41-38-35-27-24-21-18-15-12-9-6-3)70-64(67)58-55-52-49-46-43-40-36-29-26-23-20-17-14-11-8-5-2/h7,10,16,18-21,23,25,27-29,31-32,34-37,42,45,61H,4-6,8-9,11-15,17,22,24,26,30,33,38-41,43-44,46-60H2,1-3H3/b10-7-,19-16-,21-18-,23-20-,28-25-,32-31-,35-27-,36-29-,37-34-,45-42-. The van der Waals surface area contributed by atoms with Gasteiger partial charge in [-0.25, -0.2) is 0 Å². The summed E-state index contributed by atoms with van der Waals surface area (Å²) in [4.78, 5) is 38.1. The fourth-order valence-corrected chi connectivity index (χ4v) is 7.39. The second-order valence-corrected chi connectivity index (χ2v) is 18.5. The molecule has 1 atom stereocenters. The lowest BCUT2D eigenvalue weighted by atomic mass is 10.1. The number of hydrogen-bond acceptors (Lipinski definition) is 6. The van der Waals surface area contributed by atoms with Crippen molar-refractivity contribution in [1.29, 1.82) is 0 Å². The highest BCUT2D eigenvalue weighted by Gasteiger charge is 2.19. The first-order valence-corrected chi connectivity index (χ1v) is 28.5. The molecule has 0 heterocycles. The average molecular weight is 970 g/mol. The molecule has 0 rings (SSSR count). The third-order valence-corrected chi connectivity index (χ3v) is 11.7. The third-order valence-electron chi connectivity index (χ3n) is 11.7. The highest BCUT2D eigenvalue weighted by atomic mass is 16.6. The lowest BCUT2D eigenvalue weighted by molar-refractivity contribution is -0.167. The average Bonchev–Trinajstić information content (AvgIpc) is 3.36. The van der Waals surface area contributed by atoms with Crippen molar-refractivity contribution in [3.8, 4) is 0 Å². The van der Waals surface area contributed by atoms with Gasteiger partial charge in [-0.2, -0.15) is 0 Å². The van der Waals surface area contributed by atoms with E-state index >= 15 is 0 Å². The van der Waals surface area contributed by atoms with Gasteiger partial charge in [-0.15, -0.1) is 0 Å². The van der Waals surface area contributed by atoms with Crippen LogP contribution in [0, 0.1) is 0 Å². The van der Waals surface area contributed by atoms with Gasteiger partial charge >= 0.3 is 17.9 Å². The van der Waals surface area contributed by atoms with Gasteiger partial charge in [-0.1, -0.05) is 213 Å². The summed E-state index contributed by atoms with van der Waals surface area (Å²) >= 11 is 0. The molecule has 6 heteroatoms. The molecule has 6 nitrogen and oxygen atoms in total. The summed E-state index contributed by atoms with van der Waals surface area (Å²) in [5.74, 6) is -0.982. The number of ether oxygens (including phenoxy) is 3. The predicted molar refractivity (Wildman–Crippen MR) is 302 cm³/mol. The molecule has 0 bridgehead atoms. The first-order chi connectivity index (χ1) is 34.5. The van der Waals surface area contributed by atoms with Crippen LogP contribution in [0.1, 0.15) is 245 Å². The Balaban J connectivity index is 4.52. The number of esters is 3. The zero-order valence-corrected chi connectivity index (χ0v) is 45.2. The van der Waals surface area contributed by atoms with Gasteiger partial charge in [-0.3, -0.25) is 14.4 Å². The van der Waals surface area contributed by atoms with Crippen LogP contribution in [-0.2, 0) is 28.6 Å². The van der Waals surface area contributed by atoms with E-state index in [2.05, 4.69) is 142 Å². The van der Waals surface area contributed by atoms with E-state index in [1.807, 2.05) is 0 Å². The van der Waals surface area contributed by atoms with E-state index < -0.39 is 6.10 Å². The van der Waals surface area contributed by atoms with Crippen molar-refractivity contribution in [2.45, 2.75) is 252 Å². The van der Waals surface area contributed by atoms with Crippen LogP contribution in [0.5, 0.6) is 0 Å². The fraction of sp³-hybridized carbons (Fsp3) is 0.641. The lowest BCUT2D eigenvalue weighted by Gasteiger charge is -2.18. The maximum atomic E-state index is 12.8. The molecule has 0 aliphatic carbocycles. The van der Waals surface area contributed by atoms with Crippen molar-refractivity contribution < 1.29 is 28.6 Å². The second kappa shape index (κ2) is 57.4. The van der Waals surface area contributed by atoms with Crippen molar-refractivity contribution in [3.05, 3.63) is 122 Å².